The lowest BCUT2D eigenvalue weighted by Gasteiger charge is -2.08. The normalized spacial score (nSPS) is 12.4. The van der Waals surface area contributed by atoms with E-state index in [1.807, 2.05) is 6.92 Å². The minimum Gasteiger partial charge on any atom is -0.478 e. The maximum Gasteiger partial charge on any atom is 0.338 e. The largest absolute Gasteiger partial charge is 0.478 e. The second-order valence-corrected chi connectivity index (χ2v) is 4.79. The van der Waals surface area contributed by atoms with Crippen molar-refractivity contribution in [2.45, 2.75) is 11.9 Å². The number of aliphatic hydroxyl groups is 1. The first-order valence-electron chi connectivity index (χ1n) is 4.68. The van der Waals surface area contributed by atoms with E-state index in [1.165, 1.54) is 23.9 Å². The van der Waals surface area contributed by atoms with Gasteiger partial charge in [-0.25, -0.2) is 9.78 Å². The zero-order valence-corrected chi connectivity index (χ0v) is 10.3. The molecule has 0 aromatic carbocycles. The second kappa shape index (κ2) is 6.08. The van der Waals surface area contributed by atoms with Crippen LogP contribution in [0.5, 0.6) is 0 Å². The summed E-state index contributed by atoms with van der Waals surface area (Å²) >= 11 is 6.99. The quantitative estimate of drug-likeness (QED) is 0.628. The highest BCUT2D eigenvalue weighted by Gasteiger charge is 2.13. The number of thioether (sulfide) groups is 1. The number of aliphatic hydroxyl groups excluding tert-OH is 1. The Morgan fingerprint density at radius 2 is 2.31 bits per heavy atom. The fourth-order valence-electron chi connectivity index (χ4n) is 0.965. The number of carboxylic acids is 1. The van der Waals surface area contributed by atoms with Crippen LogP contribution in [0.15, 0.2) is 17.2 Å². The van der Waals surface area contributed by atoms with E-state index < -0.39 is 5.97 Å². The van der Waals surface area contributed by atoms with E-state index in [9.17, 15) is 4.79 Å². The molecule has 0 spiro atoms. The van der Waals surface area contributed by atoms with Crippen LogP contribution in [0.25, 0.3) is 0 Å². The number of halogens is 1. The summed E-state index contributed by atoms with van der Waals surface area (Å²) in [5.41, 5.74) is 0.138. The molecule has 0 fully saturated rings. The summed E-state index contributed by atoms with van der Waals surface area (Å²) in [6, 6.07) is 2.88. The molecule has 0 aliphatic carbocycles. The Morgan fingerprint density at radius 1 is 1.62 bits per heavy atom. The van der Waals surface area contributed by atoms with E-state index in [0.29, 0.717) is 10.8 Å². The van der Waals surface area contributed by atoms with Crippen LogP contribution in [0.1, 0.15) is 17.3 Å². The van der Waals surface area contributed by atoms with Gasteiger partial charge >= 0.3 is 5.97 Å². The molecule has 0 aliphatic heterocycles. The number of aromatic carboxylic acids is 1. The Bertz CT molecular complexity index is 386. The van der Waals surface area contributed by atoms with E-state index in [1.54, 1.807) is 0 Å². The highest BCUT2D eigenvalue weighted by atomic mass is 35.5. The predicted octanol–water partition coefficient (Wildman–Crippen LogP) is 2.15. The van der Waals surface area contributed by atoms with E-state index in [2.05, 4.69) is 4.98 Å². The van der Waals surface area contributed by atoms with Crippen molar-refractivity contribution in [2.75, 3.05) is 12.4 Å². The van der Waals surface area contributed by atoms with Crippen molar-refractivity contribution >= 4 is 29.3 Å². The van der Waals surface area contributed by atoms with Crippen molar-refractivity contribution < 1.29 is 15.0 Å². The number of aromatic nitrogens is 1. The van der Waals surface area contributed by atoms with Gasteiger partial charge in [0.1, 0.15) is 10.2 Å². The molecule has 1 aromatic rings. The van der Waals surface area contributed by atoms with Crippen LogP contribution < -0.4 is 0 Å². The maximum atomic E-state index is 10.9. The molecule has 0 amide bonds. The third-order valence-electron chi connectivity index (χ3n) is 1.87. The summed E-state index contributed by atoms with van der Waals surface area (Å²) in [5, 5.41) is 18.5. The first-order valence-corrected chi connectivity index (χ1v) is 6.04. The second-order valence-electron chi connectivity index (χ2n) is 3.39. The minimum absolute atomic E-state index is 0.0654. The van der Waals surface area contributed by atoms with Gasteiger partial charge in [-0.15, -0.1) is 11.8 Å². The van der Waals surface area contributed by atoms with Gasteiger partial charge in [-0.3, -0.25) is 0 Å². The van der Waals surface area contributed by atoms with Crippen molar-refractivity contribution in [1.82, 2.24) is 4.98 Å². The van der Waals surface area contributed by atoms with E-state index in [-0.39, 0.29) is 23.2 Å². The first kappa shape index (κ1) is 13.3. The molecule has 0 bridgehead atoms. The summed E-state index contributed by atoms with van der Waals surface area (Å²) in [7, 11) is 0. The first-order chi connectivity index (χ1) is 7.54. The molecule has 0 saturated heterocycles. The van der Waals surface area contributed by atoms with Crippen LogP contribution in [0.2, 0.25) is 5.15 Å². The van der Waals surface area contributed by atoms with Crippen molar-refractivity contribution in [1.29, 1.82) is 0 Å². The lowest BCUT2D eigenvalue weighted by atomic mass is 10.2. The average Bonchev–Trinajstić information content (AvgIpc) is 2.25. The summed E-state index contributed by atoms with van der Waals surface area (Å²) < 4.78 is 0. The van der Waals surface area contributed by atoms with Gasteiger partial charge in [0, 0.05) is 12.4 Å². The Kier molecular flexibility index (Phi) is 5.05. The molecular weight excluding hydrogens is 250 g/mol. The number of carboxylic acid groups (broad SMARTS) is 1. The molecule has 4 nitrogen and oxygen atoms in total. The van der Waals surface area contributed by atoms with Crippen molar-refractivity contribution in [3.8, 4) is 0 Å². The highest BCUT2D eigenvalue weighted by Crippen LogP contribution is 2.24. The van der Waals surface area contributed by atoms with Gasteiger partial charge in [0.15, 0.2) is 0 Å². The van der Waals surface area contributed by atoms with Crippen LogP contribution in [-0.4, -0.2) is 33.5 Å². The van der Waals surface area contributed by atoms with Crippen LogP contribution in [0, 0.1) is 5.92 Å². The SMILES string of the molecule is CC(CO)CSc1nc(Cl)ccc1C(=O)O. The molecule has 1 rings (SSSR count). The van der Waals surface area contributed by atoms with Gasteiger partial charge in [-0.2, -0.15) is 0 Å². The topological polar surface area (TPSA) is 70.4 Å². The number of rotatable bonds is 5. The predicted molar refractivity (Wildman–Crippen MR) is 63.2 cm³/mol. The van der Waals surface area contributed by atoms with Gasteiger partial charge in [-0.05, 0) is 18.1 Å². The Balaban J connectivity index is 2.84. The van der Waals surface area contributed by atoms with Crippen LogP contribution in [0.4, 0.5) is 0 Å². The third kappa shape index (κ3) is 3.66. The van der Waals surface area contributed by atoms with Gasteiger partial charge in [0.2, 0.25) is 0 Å². The van der Waals surface area contributed by atoms with Crippen molar-refractivity contribution in [3.63, 3.8) is 0 Å². The smallest absolute Gasteiger partial charge is 0.338 e. The zero-order valence-electron chi connectivity index (χ0n) is 8.68. The number of hydrogen-bond donors (Lipinski definition) is 2. The molecule has 1 unspecified atom stereocenters. The fourth-order valence-corrected chi connectivity index (χ4v) is 2.18. The molecule has 2 N–H and O–H groups in total. The lowest BCUT2D eigenvalue weighted by molar-refractivity contribution is 0.0692. The summed E-state index contributed by atoms with van der Waals surface area (Å²) in [6.07, 6.45) is 0. The summed E-state index contributed by atoms with van der Waals surface area (Å²) in [5.74, 6) is -0.333. The minimum atomic E-state index is -1.02. The van der Waals surface area contributed by atoms with Crippen LogP contribution >= 0.6 is 23.4 Å². The van der Waals surface area contributed by atoms with Gasteiger partial charge in [-0.1, -0.05) is 18.5 Å². The van der Waals surface area contributed by atoms with Crippen LogP contribution in [0.3, 0.4) is 0 Å². The summed E-state index contributed by atoms with van der Waals surface area (Å²) in [6.45, 7) is 1.94. The molecule has 16 heavy (non-hydrogen) atoms. The van der Waals surface area contributed by atoms with E-state index in [4.69, 9.17) is 21.8 Å². The van der Waals surface area contributed by atoms with Crippen molar-refractivity contribution in [3.05, 3.63) is 22.8 Å². The number of pyridine rings is 1. The number of hydrogen-bond acceptors (Lipinski definition) is 4. The molecule has 0 aliphatic rings. The van der Waals surface area contributed by atoms with Crippen LogP contribution in [-0.2, 0) is 0 Å². The van der Waals surface area contributed by atoms with Gasteiger partial charge in [0.25, 0.3) is 0 Å². The molecule has 0 radical (unpaired) electrons. The zero-order chi connectivity index (χ0) is 12.1. The van der Waals surface area contributed by atoms with Crippen molar-refractivity contribution in [2.24, 2.45) is 5.92 Å². The van der Waals surface area contributed by atoms with E-state index in [0.717, 1.165) is 0 Å². The standard InChI is InChI=1S/C10H12ClNO3S/c1-6(4-13)5-16-9-7(10(14)15)2-3-8(11)12-9/h2-3,6,13H,4-5H2,1H3,(H,14,15). The summed E-state index contributed by atoms with van der Waals surface area (Å²) in [4.78, 5) is 14.9. The number of carbonyl (C=O) groups is 1. The molecule has 88 valence electrons. The fraction of sp³-hybridized carbons (Fsp3) is 0.400. The molecule has 0 saturated carbocycles. The lowest BCUT2D eigenvalue weighted by Crippen LogP contribution is -2.06. The highest BCUT2D eigenvalue weighted by molar-refractivity contribution is 7.99. The number of nitrogens with zero attached hydrogens (tertiary/aromatic N) is 1. The van der Waals surface area contributed by atoms with Gasteiger partial charge < -0.3 is 10.2 Å². The Hall–Kier alpha value is -0.780. The Morgan fingerprint density at radius 3 is 2.88 bits per heavy atom. The molecule has 1 heterocycles. The Labute approximate surface area is 103 Å². The molecule has 1 aromatic heterocycles. The molecular formula is C10H12ClNO3S. The monoisotopic (exact) mass is 261 g/mol. The maximum absolute atomic E-state index is 10.9. The molecule has 6 heteroatoms. The average molecular weight is 262 g/mol. The van der Waals surface area contributed by atoms with Gasteiger partial charge in [0.05, 0.1) is 5.56 Å². The molecule has 1 atom stereocenters. The third-order valence-corrected chi connectivity index (χ3v) is 3.40. The van der Waals surface area contributed by atoms with E-state index >= 15 is 0 Å².